The van der Waals surface area contributed by atoms with Crippen molar-refractivity contribution < 1.29 is 45.6 Å². The van der Waals surface area contributed by atoms with Gasteiger partial charge in [0, 0.05) is 40.8 Å². The number of amides is 1. The Kier molecular flexibility index (Phi) is 7.38. The summed E-state index contributed by atoms with van der Waals surface area (Å²) in [5.74, 6) is -0.231. The summed E-state index contributed by atoms with van der Waals surface area (Å²) in [6, 6.07) is 0. The first-order valence-electron chi connectivity index (χ1n) is 4.29. The number of allylic oxidation sites excluding steroid dienone is 7. The van der Waals surface area contributed by atoms with Crippen LogP contribution in [0.4, 0.5) is 0 Å². The minimum absolute atomic E-state index is 0. The molecule has 5 heteroatoms. The van der Waals surface area contributed by atoms with Gasteiger partial charge in [-0.1, -0.05) is 24.4 Å². The van der Waals surface area contributed by atoms with Crippen molar-refractivity contribution in [3.8, 4) is 0 Å². The summed E-state index contributed by atoms with van der Waals surface area (Å²) in [4.78, 5) is 15.0. The fraction of sp³-hybridized carbons (Fsp3) is 0.0909. The van der Waals surface area contributed by atoms with Crippen molar-refractivity contribution in [1.29, 1.82) is 0 Å². The van der Waals surface area contributed by atoms with Crippen molar-refractivity contribution in [2.24, 2.45) is 4.99 Å². The first-order chi connectivity index (χ1) is 6.86. The van der Waals surface area contributed by atoms with Crippen LogP contribution in [-0.2, 0) is 45.6 Å². The molecule has 2 rings (SSSR count). The third-order valence-electron chi connectivity index (χ3n) is 1.79. The zero-order chi connectivity index (χ0) is 9.80. The smallest absolute Gasteiger partial charge is 0.0656 e. The van der Waals surface area contributed by atoms with Gasteiger partial charge in [0.15, 0.2) is 0 Å². The average Bonchev–Trinajstić information content (AvgIpc) is 2.29. The molecule has 0 fully saturated rings. The van der Waals surface area contributed by atoms with Crippen LogP contribution in [0.1, 0.15) is 0 Å². The molecular weight excluding hydrogens is 549 g/mol. The van der Waals surface area contributed by atoms with Crippen molar-refractivity contribution in [2.45, 2.75) is 0 Å². The first kappa shape index (κ1) is 15.4. The molecule has 0 spiro atoms. The van der Waals surface area contributed by atoms with E-state index in [0.29, 0.717) is 5.70 Å². The molecule has 1 aliphatic heterocycles. The van der Waals surface area contributed by atoms with Gasteiger partial charge < -0.3 is 15.1 Å². The maximum Gasteiger partial charge on any atom is 0.0656 e. The SMILES string of the molecule is O=C1CN=[C-]C2=C(C=CC=CC=C2)[N-]1.[Re].[Re]. The van der Waals surface area contributed by atoms with E-state index in [-0.39, 0.29) is 53.3 Å². The van der Waals surface area contributed by atoms with Crippen LogP contribution in [0, 0.1) is 0 Å². The Hall–Kier alpha value is -0.575. The molecule has 2 radical (unpaired) electrons. The molecule has 1 heterocycles. The fourth-order valence-electron chi connectivity index (χ4n) is 1.16. The fourth-order valence-corrected chi connectivity index (χ4v) is 1.16. The summed E-state index contributed by atoms with van der Waals surface area (Å²) in [5.41, 5.74) is 1.37. The van der Waals surface area contributed by atoms with Crippen LogP contribution in [0.2, 0.25) is 0 Å². The van der Waals surface area contributed by atoms with E-state index >= 15 is 0 Å². The number of carbonyl (C=O) groups excluding carboxylic acids is 1. The monoisotopic (exact) mass is 558 g/mol. The molecule has 2 aliphatic rings. The van der Waals surface area contributed by atoms with Gasteiger partial charge in [0.2, 0.25) is 0 Å². The molecule has 0 aromatic carbocycles. The Morgan fingerprint density at radius 1 is 1.12 bits per heavy atom. The molecule has 0 bridgehead atoms. The maximum absolute atomic E-state index is 11.1. The number of rotatable bonds is 0. The van der Waals surface area contributed by atoms with Gasteiger partial charge in [0.1, 0.15) is 0 Å². The predicted molar refractivity (Wildman–Crippen MR) is 55.1 cm³/mol. The van der Waals surface area contributed by atoms with Gasteiger partial charge in [-0.3, -0.25) is 0 Å². The van der Waals surface area contributed by atoms with Crippen molar-refractivity contribution in [2.75, 3.05) is 6.54 Å². The predicted octanol–water partition coefficient (Wildman–Crippen LogP) is 1.78. The summed E-state index contributed by atoms with van der Waals surface area (Å²) in [5, 5.41) is 3.91. The van der Waals surface area contributed by atoms with Gasteiger partial charge >= 0.3 is 0 Å². The molecule has 0 N–H and O–H groups in total. The van der Waals surface area contributed by atoms with E-state index in [1.807, 2.05) is 30.4 Å². The van der Waals surface area contributed by atoms with Gasteiger partial charge in [-0.25, -0.2) is 5.70 Å². The summed E-state index contributed by atoms with van der Waals surface area (Å²) in [6.07, 6.45) is 13.9. The first-order valence-corrected chi connectivity index (χ1v) is 4.29. The van der Waals surface area contributed by atoms with Crippen molar-refractivity contribution in [3.05, 3.63) is 53.0 Å². The second kappa shape index (κ2) is 7.66. The van der Waals surface area contributed by atoms with E-state index in [1.54, 1.807) is 6.08 Å². The van der Waals surface area contributed by atoms with Crippen LogP contribution in [0.15, 0.2) is 52.7 Å². The number of hydrogen-bond acceptors (Lipinski definition) is 2. The second-order valence-electron chi connectivity index (χ2n) is 2.84. The van der Waals surface area contributed by atoms with Gasteiger partial charge in [-0.05, 0) is 0 Å². The van der Waals surface area contributed by atoms with E-state index in [9.17, 15) is 4.79 Å². The van der Waals surface area contributed by atoms with Crippen LogP contribution < -0.4 is 0 Å². The van der Waals surface area contributed by atoms with Crippen LogP contribution in [-0.4, -0.2) is 18.7 Å². The topological polar surface area (TPSA) is 43.5 Å². The van der Waals surface area contributed by atoms with E-state index in [1.165, 1.54) is 0 Å². The van der Waals surface area contributed by atoms with Crippen LogP contribution >= 0.6 is 0 Å². The van der Waals surface area contributed by atoms with Crippen LogP contribution in [0.25, 0.3) is 5.32 Å². The zero-order valence-corrected chi connectivity index (χ0v) is 13.7. The van der Waals surface area contributed by atoms with E-state index < -0.39 is 0 Å². The molecule has 0 atom stereocenters. The molecule has 84 valence electrons. The number of carbonyl (C=O) groups is 1. The summed E-state index contributed by atoms with van der Waals surface area (Å²) < 4.78 is 0. The minimum Gasteiger partial charge on any atom is -0.683 e. The van der Waals surface area contributed by atoms with Gasteiger partial charge in [0.05, 0.1) is 12.5 Å². The average molecular weight is 557 g/mol. The van der Waals surface area contributed by atoms with Crippen molar-refractivity contribution in [3.63, 3.8) is 0 Å². The second-order valence-corrected chi connectivity index (χ2v) is 2.84. The van der Waals surface area contributed by atoms with E-state index in [2.05, 4.69) is 16.5 Å². The number of aliphatic imine (C=N–C) groups is 1. The minimum atomic E-state index is -0.231. The zero-order valence-electron chi connectivity index (χ0n) is 8.23. The third kappa shape index (κ3) is 4.12. The van der Waals surface area contributed by atoms with E-state index in [4.69, 9.17) is 0 Å². The summed E-state index contributed by atoms with van der Waals surface area (Å²) in [6.45, 7) is 0.0854. The molecular formula is C11H8N2ORe2-2. The Morgan fingerprint density at radius 3 is 2.56 bits per heavy atom. The van der Waals surface area contributed by atoms with Crippen molar-refractivity contribution >= 4 is 12.1 Å². The molecule has 3 nitrogen and oxygen atoms in total. The number of nitrogens with zero attached hydrogens (tertiary/aromatic N) is 2. The summed E-state index contributed by atoms with van der Waals surface area (Å²) >= 11 is 0. The molecule has 0 saturated carbocycles. The standard InChI is InChI=1S/C11H9N2O.2Re/c14-11-8-12-7-9-5-3-1-2-4-6-10(9)13-11;;/h1-6H,8H2,(H,12,13,14);;/q-1;;/p-1. The largest absolute Gasteiger partial charge is 0.683 e. The molecule has 0 aromatic rings. The Labute approximate surface area is 122 Å². The molecule has 16 heavy (non-hydrogen) atoms. The Morgan fingerprint density at radius 2 is 1.81 bits per heavy atom. The van der Waals surface area contributed by atoms with Gasteiger partial charge in [0.25, 0.3) is 0 Å². The quantitative estimate of drug-likeness (QED) is 0.420. The maximum atomic E-state index is 11.1. The van der Waals surface area contributed by atoms with Crippen LogP contribution in [0.5, 0.6) is 0 Å². The van der Waals surface area contributed by atoms with Crippen molar-refractivity contribution in [1.82, 2.24) is 0 Å². The van der Waals surface area contributed by atoms with Crippen LogP contribution in [0.3, 0.4) is 0 Å². The molecule has 0 aromatic heterocycles. The van der Waals surface area contributed by atoms with E-state index in [0.717, 1.165) is 5.57 Å². The van der Waals surface area contributed by atoms with Gasteiger partial charge in [-0.15, -0.1) is 12.2 Å². The Balaban J connectivity index is 0.00000112. The Bertz CT molecular complexity index is 406. The summed E-state index contributed by atoms with van der Waals surface area (Å²) in [7, 11) is 0. The molecule has 0 saturated heterocycles. The number of hydrogen-bond donors (Lipinski definition) is 0. The van der Waals surface area contributed by atoms with Gasteiger partial charge in [-0.2, -0.15) is 11.6 Å². The normalized spacial score (nSPS) is 17.4. The molecule has 1 amide bonds. The molecule has 0 unspecified atom stereocenters. The molecule has 1 aliphatic carbocycles. The third-order valence-corrected chi connectivity index (χ3v) is 1.79.